The van der Waals surface area contributed by atoms with Crippen molar-refractivity contribution in [3.63, 3.8) is 0 Å². The van der Waals surface area contributed by atoms with E-state index < -0.39 is 10.8 Å². The first-order valence-electron chi connectivity index (χ1n) is 5.04. The molecule has 1 amide bonds. The number of phenols is 1. The molecule has 0 bridgehead atoms. The van der Waals surface area contributed by atoms with Crippen molar-refractivity contribution in [3.05, 3.63) is 34.6 Å². The summed E-state index contributed by atoms with van der Waals surface area (Å²) in [6.07, 6.45) is 1.26. The van der Waals surface area contributed by atoms with Gasteiger partial charge in [0, 0.05) is 6.07 Å². The van der Waals surface area contributed by atoms with Crippen molar-refractivity contribution in [1.29, 1.82) is 0 Å². The second-order valence-corrected chi connectivity index (χ2v) is 3.51. The van der Waals surface area contributed by atoms with Gasteiger partial charge in [0.25, 0.3) is 5.69 Å². The van der Waals surface area contributed by atoms with Crippen LogP contribution >= 0.6 is 0 Å². The van der Waals surface area contributed by atoms with Crippen molar-refractivity contribution in [3.8, 4) is 5.75 Å². The highest BCUT2D eigenvalue weighted by Gasteiger charge is 2.12. The van der Waals surface area contributed by atoms with Gasteiger partial charge in [0.15, 0.2) is 0 Å². The monoisotopic (exact) mass is 264 g/mol. The Morgan fingerprint density at radius 3 is 2.89 bits per heavy atom. The third-order valence-electron chi connectivity index (χ3n) is 2.16. The van der Waals surface area contributed by atoms with E-state index in [0.29, 0.717) is 0 Å². The minimum absolute atomic E-state index is 0.0728. The predicted molar refractivity (Wildman–Crippen MR) is 61.2 cm³/mol. The van der Waals surface area contributed by atoms with Crippen LogP contribution in [0.25, 0.3) is 0 Å². The van der Waals surface area contributed by atoms with Crippen LogP contribution in [0.5, 0.6) is 5.75 Å². The van der Waals surface area contributed by atoms with Gasteiger partial charge in [0.1, 0.15) is 18.6 Å². The zero-order valence-corrected chi connectivity index (χ0v) is 9.42. The molecule has 1 aromatic heterocycles. The van der Waals surface area contributed by atoms with Gasteiger partial charge < -0.3 is 10.4 Å². The van der Waals surface area contributed by atoms with Crippen LogP contribution in [0.15, 0.2) is 24.5 Å². The van der Waals surface area contributed by atoms with E-state index in [1.165, 1.54) is 23.1 Å². The number of aromatic hydroxyl groups is 1. The molecule has 2 N–H and O–H groups in total. The zero-order chi connectivity index (χ0) is 13.8. The number of nitrogens with zero attached hydrogens (tertiary/aromatic N) is 5. The van der Waals surface area contributed by atoms with E-state index in [1.54, 1.807) is 0 Å². The van der Waals surface area contributed by atoms with Gasteiger partial charge >= 0.3 is 0 Å². The number of tetrazole rings is 1. The third-order valence-corrected chi connectivity index (χ3v) is 2.16. The Labute approximate surface area is 105 Å². The van der Waals surface area contributed by atoms with Gasteiger partial charge in [-0.3, -0.25) is 14.9 Å². The highest BCUT2D eigenvalue weighted by molar-refractivity contribution is 5.92. The standard InChI is InChI=1S/C9H8N6O4/c16-8-3-6(15(18)19)1-2-7(8)11-9(17)4-14-5-10-12-13-14/h1-3,5,16H,4H2,(H,11,17). The van der Waals surface area contributed by atoms with Crippen molar-refractivity contribution in [2.75, 3.05) is 5.32 Å². The molecule has 1 heterocycles. The highest BCUT2D eigenvalue weighted by atomic mass is 16.6. The first kappa shape index (κ1) is 12.4. The summed E-state index contributed by atoms with van der Waals surface area (Å²) in [5.74, 6) is -0.865. The Bertz CT molecular complexity index is 611. The third kappa shape index (κ3) is 3.00. The molecule has 0 radical (unpaired) electrons. The molecule has 0 fully saturated rings. The number of hydrogen-bond donors (Lipinski definition) is 2. The Hall–Kier alpha value is -3.04. The minimum Gasteiger partial charge on any atom is -0.506 e. The quantitative estimate of drug-likeness (QED) is 0.447. The van der Waals surface area contributed by atoms with E-state index in [2.05, 4.69) is 20.8 Å². The van der Waals surface area contributed by atoms with E-state index in [1.807, 2.05) is 0 Å². The maximum absolute atomic E-state index is 11.6. The molecule has 1 aromatic carbocycles. The number of phenolic OH excluding ortho intramolecular Hbond substituents is 1. The van der Waals surface area contributed by atoms with Gasteiger partial charge in [0.2, 0.25) is 5.91 Å². The second-order valence-electron chi connectivity index (χ2n) is 3.51. The summed E-state index contributed by atoms with van der Waals surface area (Å²) in [6, 6.07) is 3.37. The molecule has 10 nitrogen and oxygen atoms in total. The average Bonchev–Trinajstić information content (AvgIpc) is 2.84. The number of amides is 1. The summed E-state index contributed by atoms with van der Waals surface area (Å²) < 4.78 is 1.19. The fourth-order valence-corrected chi connectivity index (χ4v) is 1.33. The Balaban J connectivity index is 2.07. The van der Waals surface area contributed by atoms with Gasteiger partial charge in [-0.15, -0.1) is 5.10 Å². The molecule has 0 aliphatic rings. The van der Waals surface area contributed by atoms with E-state index >= 15 is 0 Å². The molecule has 0 saturated heterocycles. The lowest BCUT2D eigenvalue weighted by Gasteiger charge is -2.06. The number of rotatable bonds is 4. The summed E-state index contributed by atoms with van der Waals surface area (Å²) >= 11 is 0. The van der Waals surface area contributed by atoms with Gasteiger partial charge in [-0.25, -0.2) is 4.68 Å². The van der Waals surface area contributed by atoms with E-state index in [-0.39, 0.29) is 23.7 Å². The molecule has 2 rings (SSSR count). The maximum atomic E-state index is 11.6. The van der Waals surface area contributed by atoms with Crippen LogP contribution in [-0.2, 0) is 11.3 Å². The lowest BCUT2D eigenvalue weighted by molar-refractivity contribution is -0.384. The first-order chi connectivity index (χ1) is 9.06. The van der Waals surface area contributed by atoms with Crippen molar-refractivity contribution >= 4 is 17.3 Å². The number of anilines is 1. The number of nitrogens with one attached hydrogen (secondary N) is 1. The van der Waals surface area contributed by atoms with E-state index in [4.69, 9.17) is 0 Å². The molecular weight excluding hydrogens is 256 g/mol. The van der Waals surface area contributed by atoms with Crippen molar-refractivity contribution in [1.82, 2.24) is 20.2 Å². The lowest BCUT2D eigenvalue weighted by atomic mass is 10.2. The molecule has 98 valence electrons. The summed E-state index contributed by atoms with van der Waals surface area (Å²) in [5.41, 5.74) is -0.195. The second kappa shape index (κ2) is 5.08. The Morgan fingerprint density at radius 2 is 2.32 bits per heavy atom. The molecule has 0 aliphatic heterocycles. The fraction of sp³-hybridized carbons (Fsp3) is 0.111. The molecule has 0 aliphatic carbocycles. The largest absolute Gasteiger partial charge is 0.506 e. The number of hydrogen-bond acceptors (Lipinski definition) is 7. The summed E-state index contributed by atoms with van der Waals surface area (Å²) in [6.45, 7) is -0.135. The van der Waals surface area contributed by atoms with Crippen molar-refractivity contribution in [2.24, 2.45) is 0 Å². The maximum Gasteiger partial charge on any atom is 0.273 e. The van der Waals surface area contributed by atoms with E-state index in [0.717, 1.165) is 6.07 Å². The Kier molecular flexibility index (Phi) is 3.32. The summed E-state index contributed by atoms with van der Waals surface area (Å²) in [7, 11) is 0. The van der Waals surface area contributed by atoms with Crippen molar-refractivity contribution in [2.45, 2.75) is 6.54 Å². The topological polar surface area (TPSA) is 136 Å². The van der Waals surface area contributed by atoms with Crippen molar-refractivity contribution < 1.29 is 14.8 Å². The number of nitro groups is 1. The van der Waals surface area contributed by atoms with Gasteiger partial charge in [-0.1, -0.05) is 0 Å². The summed E-state index contributed by atoms with van der Waals surface area (Å²) in [4.78, 5) is 21.4. The van der Waals surface area contributed by atoms with Crippen LogP contribution < -0.4 is 5.32 Å². The Morgan fingerprint density at radius 1 is 1.53 bits per heavy atom. The van der Waals surface area contributed by atoms with Crippen LogP contribution in [0.1, 0.15) is 0 Å². The fourth-order valence-electron chi connectivity index (χ4n) is 1.33. The molecule has 2 aromatic rings. The number of benzene rings is 1. The van der Waals surface area contributed by atoms with Gasteiger partial charge in [-0.2, -0.15) is 0 Å². The van der Waals surface area contributed by atoms with Crippen LogP contribution in [0.4, 0.5) is 11.4 Å². The molecular formula is C9H8N6O4. The molecule has 0 spiro atoms. The van der Waals surface area contributed by atoms with Crippen LogP contribution in [0.3, 0.4) is 0 Å². The minimum atomic E-state index is -0.646. The number of nitro benzene ring substituents is 1. The lowest BCUT2D eigenvalue weighted by Crippen LogP contribution is -2.19. The SMILES string of the molecule is O=C(Cn1cnnn1)Nc1ccc([N+](=O)[O-])cc1O. The molecule has 0 atom stereocenters. The molecule has 10 heteroatoms. The number of non-ortho nitro benzene ring substituents is 1. The highest BCUT2D eigenvalue weighted by Crippen LogP contribution is 2.27. The van der Waals surface area contributed by atoms with E-state index in [9.17, 15) is 20.0 Å². The molecule has 0 unspecified atom stereocenters. The predicted octanol–water partition coefficient (Wildman–Crippen LogP) is -0.0744. The smallest absolute Gasteiger partial charge is 0.273 e. The number of carbonyl (C=O) groups excluding carboxylic acids is 1. The van der Waals surface area contributed by atoms with Gasteiger partial charge in [-0.05, 0) is 16.5 Å². The number of carbonyl (C=O) groups is 1. The number of aromatic nitrogens is 4. The van der Waals surface area contributed by atoms with Gasteiger partial charge in [0.05, 0.1) is 16.7 Å². The zero-order valence-electron chi connectivity index (χ0n) is 9.42. The van der Waals surface area contributed by atoms with Crippen LogP contribution in [0.2, 0.25) is 0 Å². The molecule has 19 heavy (non-hydrogen) atoms. The summed E-state index contributed by atoms with van der Waals surface area (Å²) in [5, 5.41) is 32.6. The normalized spacial score (nSPS) is 10.1. The molecule has 0 saturated carbocycles. The van der Waals surface area contributed by atoms with Crippen LogP contribution in [0, 0.1) is 10.1 Å². The average molecular weight is 264 g/mol. The van der Waals surface area contributed by atoms with Crippen LogP contribution in [-0.4, -0.2) is 36.1 Å². The first-order valence-corrected chi connectivity index (χ1v) is 5.04.